The van der Waals surface area contributed by atoms with Crippen LogP contribution in [0, 0.1) is 5.92 Å². The molecule has 0 amide bonds. The van der Waals surface area contributed by atoms with Crippen LogP contribution in [0.2, 0.25) is 19.6 Å². The van der Waals surface area contributed by atoms with Gasteiger partial charge in [0.1, 0.15) is 0 Å². The van der Waals surface area contributed by atoms with Crippen LogP contribution in [0.5, 0.6) is 0 Å². The average Bonchev–Trinajstić information content (AvgIpc) is 2.38. The molecule has 0 aliphatic carbocycles. The molecule has 1 unspecified atom stereocenters. The van der Waals surface area contributed by atoms with Crippen LogP contribution in [-0.4, -0.2) is 13.1 Å². The largest absolute Gasteiger partial charge is 0.256 e. The van der Waals surface area contributed by atoms with Gasteiger partial charge in [-0.05, 0) is 29.2 Å². The molecule has 0 fully saturated rings. The smallest absolute Gasteiger partial charge is 0.0704 e. The first-order chi connectivity index (χ1) is 9.39. The van der Waals surface area contributed by atoms with Crippen LogP contribution in [0.4, 0.5) is 0 Å². The lowest BCUT2D eigenvalue weighted by Crippen LogP contribution is -2.34. The minimum absolute atomic E-state index is 0.674. The lowest BCUT2D eigenvalue weighted by Gasteiger charge is -2.33. The van der Waals surface area contributed by atoms with Gasteiger partial charge >= 0.3 is 0 Å². The monoisotopic (exact) mass is 283 g/mol. The van der Waals surface area contributed by atoms with Gasteiger partial charge in [-0.2, -0.15) is 0 Å². The minimum Gasteiger partial charge on any atom is -0.256 e. The number of aromatic nitrogens is 1. The zero-order valence-electron chi connectivity index (χ0n) is 13.2. The van der Waals surface area contributed by atoms with Crippen molar-refractivity contribution in [1.82, 2.24) is 4.98 Å². The Hall–Kier alpha value is -1.41. The second kappa shape index (κ2) is 5.92. The predicted octanol–water partition coefficient (Wildman–Crippen LogP) is 5.37. The molecule has 0 saturated heterocycles. The highest BCUT2D eigenvalue weighted by Gasteiger charge is 2.30. The quantitative estimate of drug-likeness (QED) is 0.688. The van der Waals surface area contributed by atoms with E-state index in [0.29, 0.717) is 11.5 Å². The van der Waals surface area contributed by atoms with Crippen LogP contribution in [-0.2, 0) is 0 Å². The molecule has 0 saturated carbocycles. The second-order valence-corrected chi connectivity index (χ2v) is 12.3. The molecule has 1 aromatic carbocycles. The first-order valence-corrected chi connectivity index (χ1v) is 11.0. The van der Waals surface area contributed by atoms with Crippen molar-refractivity contribution in [3.8, 4) is 11.3 Å². The molecule has 1 atom stereocenters. The molecule has 2 aromatic rings. The fourth-order valence-electron chi connectivity index (χ4n) is 3.29. The summed E-state index contributed by atoms with van der Waals surface area (Å²) in [5.74, 6) is 0.674. The number of rotatable bonds is 4. The Kier molecular flexibility index (Phi) is 4.44. The average molecular weight is 283 g/mol. The number of hydrogen-bond acceptors (Lipinski definition) is 1. The van der Waals surface area contributed by atoms with Crippen molar-refractivity contribution in [1.29, 1.82) is 0 Å². The number of nitrogens with zero attached hydrogens (tertiary/aromatic N) is 1. The Bertz CT molecular complexity index is 555. The highest BCUT2D eigenvalue weighted by Crippen LogP contribution is 2.34. The Labute approximate surface area is 124 Å². The number of benzene rings is 1. The van der Waals surface area contributed by atoms with Crippen LogP contribution >= 0.6 is 0 Å². The van der Waals surface area contributed by atoms with Crippen molar-refractivity contribution in [2.45, 2.75) is 39.0 Å². The van der Waals surface area contributed by atoms with E-state index in [4.69, 9.17) is 0 Å². The molecule has 106 valence electrons. The molecule has 2 heteroatoms. The maximum atomic E-state index is 4.55. The minimum atomic E-state index is -1.24. The van der Waals surface area contributed by atoms with Crippen molar-refractivity contribution in [3.63, 3.8) is 0 Å². The van der Waals surface area contributed by atoms with Gasteiger partial charge in [0, 0.05) is 11.8 Å². The molecule has 0 aliphatic heterocycles. The summed E-state index contributed by atoms with van der Waals surface area (Å²) < 4.78 is 0. The molecule has 0 aliphatic rings. The molecule has 0 N–H and O–H groups in total. The maximum absolute atomic E-state index is 4.55. The van der Waals surface area contributed by atoms with E-state index < -0.39 is 8.07 Å². The van der Waals surface area contributed by atoms with E-state index in [2.05, 4.69) is 74.9 Å². The summed E-state index contributed by atoms with van der Waals surface area (Å²) in [5, 5.41) is 0. The Balaban J connectivity index is 2.44. The lowest BCUT2D eigenvalue weighted by molar-refractivity contribution is 0.604. The highest BCUT2D eigenvalue weighted by atomic mass is 28.3. The molecule has 1 aromatic heterocycles. The first kappa shape index (κ1) is 15.0. The molecule has 20 heavy (non-hydrogen) atoms. The SMILES string of the molecule is CC(C)C(c1ccnc(-c2ccccc2)c1)[Si](C)(C)C. The van der Waals surface area contributed by atoms with E-state index in [1.165, 1.54) is 11.1 Å². The van der Waals surface area contributed by atoms with Crippen molar-refractivity contribution in [2.24, 2.45) is 5.92 Å². The number of pyridine rings is 1. The number of hydrogen-bond donors (Lipinski definition) is 0. The van der Waals surface area contributed by atoms with Gasteiger partial charge in [-0.3, -0.25) is 4.98 Å². The lowest BCUT2D eigenvalue weighted by atomic mass is 10.0. The fourth-order valence-corrected chi connectivity index (χ4v) is 6.47. The third kappa shape index (κ3) is 3.37. The van der Waals surface area contributed by atoms with E-state index in [1.807, 2.05) is 12.3 Å². The Morgan fingerprint density at radius 1 is 0.950 bits per heavy atom. The second-order valence-electron chi connectivity index (χ2n) is 6.93. The summed E-state index contributed by atoms with van der Waals surface area (Å²) in [4.78, 5) is 4.55. The van der Waals surface area contributed by atoms with E-state index in [9.17, 15) is 0 Å². The van der Waals surface area contributed by atoms with Crippen LogP contribution < -0.4 is 0 Å². The zero-order chi connectivity index (χ0) is 14.8. The van der Waals surface area contributed by atoms with E-state index in [0.717, 1.165) is 5.69 Å². The van der Waals surface area contributed by atoms with Gasteiger partial charge in [0.2, 0.25) is 0 Å². The highest BCUT2D eigenvalue weighted by molar-refractivity contribution is 6.77. The fraction of sp³-hybridized carbons (Fsp3) is 0.389. The van der Waals surface area contributed by atoms with Crippen LogP contribution in [0.1, 0.15) is 25.0 Å². The molecule has 0 bridgehead atoms. The molecule has 0 spiro atoms. The molecular formula is C18H25NSi. The summed E-state index contributed by atoms with van der Waals surface area (Å²) in [6.45, 7) is 12.1. The van der Waals surface area contributed by atoms with Crippen molar-refractivity contribution in [2.75, 3.05) is 0 Å². The van der Waals surface area contributed by atoms with Gasteiger partial charge < -0.3 is 0 Å². The third-order valence-corrected chi connectivity index (χ3v) is 6.68. The van der Waals surface area contributed by atoms with Crippen molar-refractivity contribution >= 4 is 8.07 Å². The van der Waals surface area contributed by atoms with Gasteiger partial charge in [0.05, 0.1) is 13.8 Å². The molecule has 1 heterocycles. The molecule has 0 radical (unpaired) electrons. The topological polar surface area (TPSA) is 12.9 Å². The summed E-state index contributed by atoms with van der Waals surface area (Å²) in [6.07, 6.45) is 1.97. The Morgan fingerprint density at radius 2 is 1.60 bits per heavy atom. The third-order valence-electron chi connectivity index (χ3n) is 3.81. The maximum Gasteiger partial charge on any atom is 0.0704 e. The summed E-state index contributed by atoms with van der Waals surface area (Å²) in [6, 6.07) is 14.9. The van der Waals surface area contributed by atoms with Gasteiger partial charge in [-0.25, -0.2) is 0 Å². The molecule has 1 nitrogen and oxygen atoms in total. The van der Waals surface area contributed by atoms with Gasteiger partial charge in [-0.15, -0.1) is 0 Å². The molecule has 2 rings (SSSR count). The van der Waals surface area contributed by atoms with Gasteiger partial charge in [0.15, 0.2) is 0 Å². The first-order valence-electron chi connectivity index (χ1n) is 7.41. The van der Waals surface area contributed by atoms with Crippen LogP contribution in [0.25, 0.3) is 11.3 Å². The molecular weight excluding hydrogens is 258 g/mol. The normalized spacial score (nSPS) is 13.5. The Morgan fingerprint density at radius 3 is 2.15 bits per heavy atom. The predicted molar refractivity (Wildman–Crippen MR) is 90.6 cm³/mol. The standard InChI is InChI=1S/C18H25NSi/c1-14(2)18(20(3,4)5)16-11-12-19-17(13-16)15-9-7-6-8-10-15/h6-14,18H,1-5H3. The summed E-state index contributed by atoms with van der Waals surface area (Å²) >= 11 is 0. The van der Waals surface area contributed by atoms with Gasteiger partial charge in [0.25, 0.3) is 0 Å². The van der Waals surface area contributed by atoms with E-state index >= 15 is 0 Å². The zero-order valence-corrected chi connectivity index (χ0v) is 14.2. The van der Waals surface area contributed by atoms with E-state index in [-0.39, 0.29) is 0 Å². The van der Waals surface area contributed by atoms with Crippen LogP contribution in [0.3, 0.4) is 0 Å². The van der Waals surface area contributed by atoms with Crippen molar-refractivity contribution < 1.29 is 0 Å². The van der Waals surface area contributed by atoms with Crippen LogP contribution in [0.15, 0.2) is 48.7 Å². The van der Waals surface area contributed by atoms with Gasteiger partial charge in [-0.1, -0.05) is 63.8 Å². The summed E-state index contributed by atoms with van der Waals surface area (Å²) in [7, 11) is -1.24. The van der Waals surface area contributed by atoms with E-state index in [1.54, 1.807) is 0 Å². The van der Waals surface area contributed by atoms with Crippen molar-refractivity contribution in [3.05, 3.63) is 54.2 Å². The summed E-state index contributed by atoms with van der Waals surface area (Å²) in [5.41, 5.74) is 4.42.